The second kappa shape index (κ2) is 7.01. The average molecular weight is 389 g/mol. The quantitative estimate of drug-likeness (QED) is 0.667. The Hall–Kier alpha value is -3.18. The van der Waals surface area contributed by atoms with Gasteiger partial charge in [0.1, 0.15) is 11.5 Å². The lowest BCUT2D eigenvalue weighted by Crippen LogP contribution is -2.41. The second-order valence-corrected chi connectivity index (χ2v) is 8.20. The van der Waals surface area contributed by atoms with E-state index in [1.165, 1.54) is 5.56 Å². The molecule has 1 N–H and O–H groups in total. The van der Waals surface area contributed by atoms with Gasteiger partial charge in [-0.05, 0) is 41.3 Å². The van der Waals surface area contributed by atoms with Crippen LogP contribution in [0.5, 0.6) is 11.5 Å². The molecule has 3 aromatic carbocycles. The lowest BCUT2D eigenvalue weighted by atomic mass is 9.87. The van der Waals surface area contributed by atoms with E-state index in [1.54, 1.807) is 24.3 Å². The van der Waals surface area contributed by atoms with Crippen LogP contribution in [-0.2, 0) is 5.41 Å². The minimum Gasteiger partial charge on any atom is -0.457 e. The van der Waals surface area contributed by atoms with Crippen molar-refractivity contribution in [3.05, 3.63) is 71.3 Å². The fraction of sp³-hybridized carbons (Fsp3) is 0.250. The first-order valence-electron chi connectivity index (χ1n) is 9.62. The third kappa shape index (κ3) is 3.28. The van der Waals surface area contributed by atoms with Gasteiger partial charge in [-0.15, -0.1) is 0 Å². The van der Waals surface area contributed by atoms with E-state index in [4.69, 9.17) is 4.74 Å². The Morgan fingerprint density at radius 1 is 0.897 bits per heavy atom. The molecule has 29 heavy (non-hydrogen) atoms. The van der Waals surface area contributed by atoms with Crippen LogP contribution in [-0.4, -0.2) is 35.0 Å². The van der Waals surface area contributed by atoms with Crippen molar-refractivity contribution < 1.29 is 19.4 Å². The third-order valence-corrected chi connectivity index (χ3v) is 5.22. The number of rotatable bonds is 4. The van der Waals surface area contributed by atoms with Gasteiger partial charge in [0.05, 0.1) is 13.2 Å². The van der Waals surface area contributed by atoms with Gasteiger partial charge < -0.3 is 9.84 Å². The lowest BCUT2D eigenvalue weighted by Gasteiger charge is -2.27. The van der Waals surface area contributed by atoms with Crippen molar-refractivity contribution >= 4 is 22.6 Å². The number of carbonyl (C=O) groups is 2. The number of aliphatic hydroxyl groups is 1. The number of ether oxygens (including phenoxy) is 1. The highest BCUT2D eigenvalue weighted by atomic mass is 16.5. The van der Waals surface area contributed by atoms with Crippen LogP contribution < -0.4 is 4.74 Å². The molecular weight excluding hydrogens is 366 g/mol. The smallest absolute Gasteiger partial charge is 0.261 e. The van der Waals surface area contributed by atoms with E-state index in [1.807, 2.05) is 30.3 Å². The fourth-order valence-corrected chi connectivity index (χ4v) is 3.66. The zero-order valence-electron chi connectivity index (χ0n) is 16.7. The molecule has 0 radical (unpaired) electrons. The molecule has 5 nitrogen and oxygen atoms in total. The second-order valence-electron chi connectivity index (χ2n) is 8.20. The van der Waals surface area contributed by atoms with Crippen molar-refractivity contribution in [1.82, 2.24) is 4.90 Å². The number of β-amino-alcohol motifs (C(OH)–C–C–N with tert-alkyl or cyclic N) is 1. The predicted octanol–water partition coefficient (Wildman–Crippen LogP) is 4.52. The Morgan fingerprint density at radius 3 is 2.17 bits per heavy atom. The molecule has 0 bridgehead atoms. The molecule has 0 spiro atoms. The molecule has 2 amide bonds. The molecule has 0 atom stereocenters. The summed E-state index contributed by atoms with van der Waals surface area (Å²) in [6.45, 7) is 6.18. The number of amides is 2. The molecule has 1 aliphatic rings. The monoisotopic (exact) mass is 389 g/mol. The van der Waals surface area contributed by atoms with Crippen LogP contribution in [0.2, 0.25) is 0 Å². The molecule has 1 aliphatic heterocycles. The SMILES string of the molecule is CC(C)(C)c1ccc(Oc2ccc3c4c(cccc24)C(=O)N(CCO)C3=O)cc1. The van der Waals surface area contributed by atoms with Crippen molar-refractivity contribution in [1.29, 1.82) is 0 Å². The number of imide groups is 1. The normalized spacial score (nSPS) is 13.9. The molecule has 0 saturated carbocycles. The average Bonchev–Trinajstić information content (AvgIpc) is 2.70. The standard InChI is InChI=1S/C24H23NO4/c1-24(2,3)15-7-9-16(10-8-15)29-20-12-11-19-21-17(20)5-4-6-18(21)22(27)25(13-14-26)23(19)28/h4-12,26H,13-14H2,1-3H3. The summed E-state index contributed by atoms with van der Waals surface area (Å²) >= 11 is 0. The van der Waals surface area contributed by atoms with Crippen molar-refractivity contribution in [3.63, 3.8) is 0 Å². The van der Waals surface area contributed by atoms with Gasteiger partial charge >= 0.3 is 0 Å². The Labute approximate surface area is 169 Å². The van der Waals surface area contributed by atoms with Crippen LogP contribution in [0.4, 0.5) is 0 Å². The van der Waals surface area contributed by atoms with Crippen LogP contribution in [0.1, 0.15) is 47.1 Å². The van der Waals surface area contributed by atoms with E-state index in [2.05, 4.69) is 20.8 Å². The van der Waals surface area contributed by atoms with Gasteiger partial charge in [-0.2, -0.15) is 0 Å². The van der Waals surface area contributed by atoms with Crippen LogP contribution in [0.3, 0.4) is 0 Å². The molecule has 4 rings (SSSR count). The van der Waals surface area contributed by atoms with E-state index in [-0.39, 0.29) is 18.6 Å². The Balaban J connectivity index is 1.77. The van der Waals surface area contributed by atoms with Gasteiger partial charge in [0, 0.05) is 21.9 Å². The molecule has 1 heterocycles. The largest absolute Gasteiger partial charge is 0.457 e. The highest BCUT2D eigenvalue weighted by molar-refractivity contribution is 6.26. The molecule has 3 aromatic rings. The van der Waals surface area contributed by atoms with Crippen LogP contribution >= 0.6 is 0 Å². The number of hydrogen-bond acceptors (Lipinski definition) is 4. The summed E-state index contributed by atoms with van der Waals surface area (Å²) in [5, 5.41) is 10.5. The first-order chi connectivity index (χ1) is 13.8. The molecule has 0 saturated heterocycles. The van der Waals surface area contributed by atoms with Crippen LogP contribution in [0, 0.1) is 0 Å². The summed E-state index contributed by atoms with van der Waals surface area (Å²) < 4.78 is 6.11. The van der Waals surface area contributed by atoms with Gasteiger partial charge in [-0.3, -0.25) is 14.5 Å². The third-order valence-electron chi connectivity index (χ3n) is 5.22. The van der Waals surface area contributed by atoms with E-state index in [0.29, 0.717) is 33.4 Å². The molecule has 0 unspecified atom stereocenters. The zero-order chi connectivity index (χ0) is 20.8. The van der Waals surface area contributed by atoms with Crippen LogP contribution in [0.15, 0.2) is 54.6 Å². The maximum Gasteiger partial charge on any atom is 0.261 e. The maximum atomic E-state index is 12.8. The summed E-state index contributed by atoms with van der Waals surface area (Å²) in [4.78, 5) is 26.6. The van der Waals surface area contributed by atoms with Crippen molar-refractivity contribution in [2.24, 2.45) is 0 Å². The van der Waals surface area contributed by atoms with Gasteiger partial charge in [-0.25, -0.2) is 0 Å². The van der Waals surface area contributed by atoms with Gasteiger partial charge in [0.15, 0.2) is 0 Å². The van der Waals surface area contributed by atoms with E-state index in [0.717, 1.165) is 4.90 Å². The number of nitrogens with zero attached hydrogens (tertiary/aromatic N) is 1. The molecule has 0 fully saturated rings. The van der Waals surface area contributed by atoms with Crippen molar-refractivity contribution in [2.45, 2.75) is 26.2 Å². The first-order valence-corrected chi connectivity index (χ1v) is 9.62. The highest BCUT2D eigenvalue weighted by Gasteiger charge is 2.33. The Kier molecular flexibility index (Phi) is 4.63. The number of carbonyl (C=O) groups excluding carboxylic acids is 2. The molecule has 0 aliphatic carbocycles. The van der Waals surface area contributed by atoms with Crippen molar-refractivity contribution in [3.8, 4) is 11.5 Å². The number of aliphatic hydroxyl groups excluding tert-OH is 1. The molecule has 0 aromatic heterocycles. The van der Waals surface area contributed by atoms with E-state index < -0.39 is 11.8 Å². The minimum absolute atomic E-state index is 0.0220. The summed E-state index contributed by atoms with van der Waals surface area (Å²) in [6.07, 6.45) is 0. The summed E-state index contributed by atoms with van der Waals surface area (Å²) in [5.74, 6) is 0.488. The maximum absolute atomic E-state index is 12.8. The summed E-state index contributed by atoms with van der Waals surface area (Å²) in [6, 6.07) is 16.7. The fourth-order valence-electron chi connectivity index (χ4n) is 3.66. The molecular formula is C24H23NO4. The predicted molar refractivity (Wildman–Crippen MR) is 112 cm³/mol. The van der Waals surface area contributed by atoms with Gasteiger partial charge in [-0.1, -0.05) is 45.0 Å². The van der Waals surface area contributed by atoms with E-state index in [9.17, 15) is 14.7 Å². The van der Waals surface area contributed by atoms with Gasteiger partial charge in [0.25, 0.3) is 11.8 Å². The number of benzene rings is 3. The highest BCUT2D eigenvalue weighted by Crippen LogP contribution is 2.37. The molecule has 148 valence electrons. The minimum atomic E-state index is -0.395. The summed E-state index contributed by atoms with van der Waals surface area (Å²) in [7, 11) is 0. The molecule has 5 heteroatoms. The number of hydrogen-bond donors (Lipinski definition) is 1. The first kappa shape index (κ1) is 19.2. The van der Waals surface area contributed by atoms with Crippen LogP contribution in [0.25, 0.3) is 10.8 Å². The van der Waals surface area contributed by atoms with Gasteiger partial charge in [0.2, 0.25) is 0 Å². The Bertz CT molecular complexity index is 1090. The zero-order valence-corrected chi connectivity index (χ0v) is 16.7. The summed E-state index contributed by atoms with van der Waals surface area (Å²) in [5.41, 5.74) is 2.15. The Morgan fingerprint density at radius 2 is 1.55 bits per heavy atom. The topological polar surface area (TPSA) is 66.8 Å². The lowest BCUT2D eigenvalue weighted by molar-refractivity contribution is 0.0580. The van der Waals surface area contributed by atoms with Crippen molar-refractivity contribution in [2.75, 3.05) is 13.2 Å². The van der Waals surface area contributed by atoms with E-state index >= 15 is 0 Å².